The van der Waals surface area contributed by atoms with E-state index < -0.39 is 0 Å². The second-order valence-corrected chi connectivity index (χ2v) is 5.62. The maximum atomic E-state index is 5.46. The summed E-state index contributed by atoms with van der Waals surface area (Å²) in [5.41, 5.74) is 3.40. The fourth-order valence-corrected chi connectivity index (χ4v) is 3.28. The van der Waals surface area contributed by atoms with Crippen LogP contribution in [0.2, 0.25) is 0 Å². The summed E-state index contributed by atoms with van der Waals surface area (Å²) in [4.78, 5) is 4.59. The molecule has 0 atom stereocenters. The highest BCUT2D eigenvalue weighted by atomic mass is 16.3. The van der Waals surface area contributed by atoms with Gasteiger partial charge in [0.25, 0.3) is 0 Å². The van der Waals surface area contributed by atoms with Gasteiger partial charge in [-0.05, 0) is 43.2 Å². The van der Waals surface area contributed by atoms with Crippen molar-refractivity contribution in [3.63, 3.8) is 0 Å². The monoisotopic (exact) mass is 266 g/mol. The maximum absolute atomic E-state index is 5.46. The summed E-state index contributed by atoms with van der Waals surface area (Å²) < 4.78 is 7.82. The van der Waals surface area contributed by atoms with Gasteiger partial charge in [0.15, 0.2) is 0 Å². The summed E-state index contributed by atoms with van der Waals surface area (Å²) in [5, 5.41) is 0. The van der Waals surface area contributed by atoms with Crippen LogP contribution in [-0.2, 0) is 0 Å². The van der Waals surface area contributed by atoms with Gasteiger partial charge >= 0.3 is 0 Å². The Morgan fingerprint density at radius 1 is 1.10 bits per heavy atom. The Morgan fingerprint density at radius 3 is 2.80 bits per heavy atom. The van der Waals surface area contributed by atoms with Gasteiger partial charge < -0.3 is 8.98 Å². The van der Waals surface area contributed by atoms with E-state index in [0.29, 0.717) is 6.04 Å². The summed E-state index contributed by atoms with van der Waals surface area (Å²) in [6.07, 6.45) is 10.3. The number of imidazole rings is 1. The van der Waals surface area contributed by atoms with Gasteiger partial charge in [0, 0.05) is 11.6 Å². The fraction of sp³-hybridized carbons (Fsp3) is 0.353. The van der Waals surface area contributed by atoms with E-state index in [0.717, 1.165) is 16.8 Å². The number of nitrogens with zero attached hydrogens (tertiary/aromatic N) is 2. The highest BCUT2D eigenvalue weighted by Gasteiger charge is 2.17. The van der Waals surface area contributed by atoms with Crippen LogP contribution >= 0.6 is 0 Å². The first-order valence-corrected chi connectivity index (χ1v) is 7.42. The largest absolute Gasteiger partial charge is 0.464 e. The third-order valence-corrected chi connectivity index (χ3v) is 4.35. The molecule has 2 aromatic heterocycles. The van der Waals surface area contributed by atoms with Crippen LogP contribution in [-0.4, -0.2) is 9.55 Å². The van der Waals surface area contributed by atoms with Crippen molar-refractivity contribution >= 4 is 11.0 Å². The highest BCUT2D eigenvalue weighted by molar-refractivity contribution is 5.81. The number of hydrogen-bond donors (Lipinski definition) is 0. The van der Waals surface area contributed by atoms with E-state index in [4.69, 9.17) is 4.42 Å². The lowest BCUT2D eigenvalue weighted by Gasteiger charge is -2.23. The first kappa shape index (κ1) is 11.8. The van der Waals surface area contributed by atoms with E-state index in [2.05, 4.69) is 27.8 Å². The van der Waals surface area contributed by atoms with Crippen LogP contribution in [0, 0.1) is 0 Å². The van der Waals surface area contributed by atoms with Crippen LogP contribution in [0.3, 0.4) is 0 Å². The average Bonchev–Trinajstić information content (AvgIpc) is 3.17. The standard InChI is InChI=1S/C17H18N2O/c1-2-5-14(6-3-1)19-12-18-15-11-13(8-9-16(15)19)17-7-4-10-20-17/h4,7-12,14H,1-3,5-6H2. The zero-order valence-electron chi connectivity index (χ0n) is 11.5. The van der Waals surface area contributed by atoms with Crippen molar-refractivity contribution in [2.75, 3.05) is 0 Å². The summed E-state index contributed by atoms with van der Waals surface area (Å²) >= 11 is 0. The van der Waals surface area contributed by atoms with Crippen molar-refractivity contribution in [2.24, 2.45) is 0 Å². The zero-order chi connectivity index (χ0) is 13.4. The molecule has 1 saturated carbocycles. The summed E-state index contributed by atoms with van der Waals surface area (Å²) in [6.45, 7) is 0. The van der Waals surface area contributed by atoms with Gasteiger partial charge in [-0.15, -0.1) is 0 Å². The predicted octanol–water partition coefficient (Wildman–Crippen LogP) is 4.80. The lowest BCUT2D eigenvalue weighted by Crippen LogP contribution is -2.11. The summed E-state index contributed by atoms with van der Waals surface area (Å²) in [7, 11) is 0. The summed E-state index contributed by atoms with van der Waals surface area (Å²) in [6, 6.07) is 11.0. The number of benzene rings is 1. The predicted molar refractivity (Wildman–Crippen MR) is 79.6 cm³/mol. The lowest BCUT2D eigenvalue weighted by molar-refractivity contribution is 0.359. The zero-order valence-corrected chi connectivity index (χ0v) is 11.5. The molecule has 102 valence electrons. The SMILES string of the molecule is c1coc(-c2ccc3c(c2)ncn3C2CCCCC2)c1. The molecule has 2 heterocycles. The Kier molecular flexibility index (Phi) is 2.84. The van der Waals surface area contributed by atoms with Crippen LogP contribution < -0.4 is 0 Å². The molecule has 3 heteroatoms. The van der Waals surface area contributed by atoms with Crippen LogP contribution in [0.4, 0.5) is 0 Å². The van der Waals surface area contributed by atoms with Crippen LogP contribution in [0.1, 0.15) is 38.1 Å². The van der Waals surface area contributed by atoms with Gasteiger partial charge in [0.1, 0.15) is 5.76 Å². The Balaban J connectivity index is 1.74. The minimum Gasteiger partial charge on any atom is -0.464 e. The molecule has 0 amide bonds. The number of furan rings is 1. The smallest absolute Gasteiger partial charge is 0.133 e. The van der Waals surface area contributed by atoms with Gasteiger partial charge in [-0.2, -0.15) is 0 Å². The topological polar surface area (TPSA) is 31.0 Å². The number of aromatic nitrogens is 2. The molecule has 1 fully saturated rings. The minimum atomic E-state index is 0.628. The third-order valence-electron chi connectivity index (χ3n) is 4.35. The molecule has 4 rings (SSSR count). The second-order valence-electron chi connectivity index (χ2n) is 5.62. The quantitative estimate of drug-likeness (QED) is 0.667. The van der Waals surface area contributed by atoms with Crippen molar-refractivity contribution in [3.8, 4) is 11.3 Å². The molecule has 0 radical (unpaired) electrons. The van der Waals surface area contributed by atoms with Crippen molar-refractivity contribution in [3.05, 3.63) is 42.9 Å². The molecule has 20 heavy (non-hydrogen) atoms. The average molecular weight is 266 g/mol. The summed E-state index contributed by atoms with van der Waals surface area (Å²) in [5.74, 6) is 0.902. The molecule has 3 aromatic rings. The highest BCUT2D eigenvalue weighted by Crippen LogP contribution is 2.32. The molecule has 0 saturated heterocycles. The lowest BCUT2D eigenvalue weighted by atomic mass is 9.95. The van der Waals surface area contributed by atoms with Crippen molar-refractivity contribution in [1.29, 1.82) is 0 Å². The third kappa shape index (κ3) is 1.94. The molecule has 0 N–H and O–H groups in total. The van der Waals surface area contributed by atoms with E-state index >= 15 is 0 Å². The van der Waals surface area contributed by atoms with Gasteiger partial charge in [0.05, 0.1) is 23.6 Å². The van der Waals surface area contributed by atoms with Crippen molar-refractivity contribution < 1.29 is 4.42 Å². The van der Waals surface area contributed by atoms with Crippen LogP contribution in [0.15, 0.2) is 47.3 Å². The van der Waals surface area contributed by atoms with Gasteiger partial charge in [-0.3, -0.25) is 0 Å². The van der Waals surface area contributed by atoms with E-state index in [9.17, 15) is 0 Å². The molecule has 3 nitrogen and oxygen atoms in total. The Bertz CT molecular complexity index is 706. The van der Waals surface area contributed by atoms with Crippen LogP contribution in [0.5, 0.6) is 0 Å². The Labute approximate surface area is 118 Å². The number of hydrogen-bond acceptors (Lipinski definition) is 2. The second kappa shape index (κ2) is 4.82. The Morgan fingerprint density at radius 2 is 2.00 bits per heavy atom. The minimum absolute atomic E-state index is 0.628. The maximum Gasteiger partial charge on any atom is 0.133 e. The molecule has 1 aliphatic rings. The fourth-order valence-electron chi connectivity index (χ4n) is 3.28. The molecule has 0 spiro atoms. The van der Waals surface area contributed by atoms with Gasteiger partial charge in [-0.25, -0.2) is 4.98 Å². The number of fused-ring (bicyclic) bond motifs is 1. The van der Waals surface area contributed by atoms with Crippen molar-refractivity contribution in [2.45, 2.75) is 38.1 Å². The number of rotatable bonds is 2. The molecular formula is C17H18N2O. The molecule has 1 aliphatic carbocycles. The van der Waals surface area contributed by atoms with Crippen LogP contribution in [0.25, 0.3) is 22.4 Å². The van der Waals surface area contributed by atoms with E-state index in [1.54, 1.807) is 6.26 Å². The van der Waals surface area contributed by atoms with E-state index in [1.807, 2.05) is 18.5 Å². The molecular weight excluding hydrogens is 248 g/mol. The van der Waals surface area contributed by atoms with Gasteiger partial charge in [-0.1, -0.05) is 19.3 Å². The first-order valence-electron chi connectivity index (χ1n) is 7.42. The first-order chi connectivity index (χ1) is 9.92. The van der Waals surface area contributed by atoms with Crippen molar-refractivity contribution in [1.82, 2.24) is 9.55 Å². The molecule has 0 aliphatic heterocycles. The Hall–Kier alpha value is -2.03. The van der Waals surface area contributed by atoms with E-state index in [-0.39, 0.29) is 0 Å². The molecule has 0 bridgehead atoms. The van der Waals surface area contributed by atoms with Gasteiger partial charge in [0.2, 0.25) is 0 Å². The molecule has 0 unspecified atom stereocenters. The molecule has 1 aromatic carbocycles. The van der Waals surface area contributed by atoms with E-state index in [1.165, 1.54) is 37.6 Å². The normalized spacial score (nSPS) is 16.8.